The Hall–Kier alpha value is -0.610. The van der Waals surface area contributed by atoms with Crippen LogP contribution < -0.4 is 5.73 Å². The van der Waals surface area contributed by atoms with Gasteiger partial charge in [0.1, 0.15) is 6.61 Å². The summed E-state index contributed by atoms with van der Waals surface area (Å²) in [6, 6.07) is 0. The van der Waals surface area contributed by atoms with E-state index in [9.17, 15) is 4.79 Å². The highest BCUT2D eigenvalue weighted by molar-refractivity contribution is 5.77. The summed E-state index contributed by atoms with van der Waals surface area (Å²) in [4.78, 5) is 11.9. The van der Waals surface area contributed by atoms with E-state index < -0.39 is 5.41 Å². The summed E-state index contributed by atoms with van der Waals surface area (Å²) in [5, 5.41) is 0. The molecule has 0 aliphatic carbocycles. The van der Waals surface area contributed by atoms with Crippen molar-refractivity contribution >= 4 is 5.97 Å². The van der Waals surface area contributed by atoms with Crippen LogP contribution in [0.1, 0.15) is 47.5 Å². The van der Waals surface area contributed by atoms with E-state index in [1.54, 1.807) is 0 Å². The van der Waals surface area contributed by atoms with Crippen LogP contribution in [0.4, 0.5) is 0 Å². The van der Waals surface area contributed by atoms with E-state index in [0.29, 0.717) is 26.0 Å². The van der Waals surface area contributed by atoms with E-state index >= 15 is 0 Å². The second-order valence-corrected chi connectivity index (χ2v) is 5.29. The molecule has 0 aromatic heterocycles. The van der Waals surface area contributed by atoms with E-state index in [1.807, 2.05) is 34.6 Å². The van der Waals surface area contributed by atoms with Crippen molar-refractivity contribution in [1.82, 2.24) is 0 Å². The maximum atomic E-state index is 11.9. The van der Waals surface area contributed by atoms with Crippen molar-refractivity contribution in [3.8, 4) is 0 Å². The highest BCUT2D eigenvalue weighted by atomic mass is 16.6. The molecule has 0 aromatic rings. The molecule has 0 saturated heterocycles. The molecule has 0 rings (SSSR count). The summed E-state index contributed by atoms with van der Waals surface area (Å²) >= 11 is 0. The van der Waals surface area contributed by atoms with Crippen LogP contribution in [0.5, 0.6) is 0 Å². The van der Waals surface area contributed by atoms with Crippen molar-refractivity contribution in [3.63, 3.8) is 0 Å². The highest BCUT2D eigenvalue weighted by Crippen LogP contribution is 2.26. The van der Waals surface area contributed by atoms with Crippen molar-refractivity contribution in [2.24, 2.45) is 11.1 Å². The number of esters is 1. The van der Waals surface area contributed by atoms with Crippen LogP contribution in [-0.4, -0.2) is 31.3 Å². The molecule has 0 aliphatic heterocycles. The summed E-state index contributed by atoms with van der Waals surface area (Å²) in [5.41, 5.74) is 4.94. The van der Waals surface area contributed by atoms with Crippen LogP contribution in [0.15, 0.2) is 0 Å². The van der Waals surface area contributed by atoms with Gasteiger partial charge in [-0.05, 0) is 33.6 Å². The number of carbonyl (C=O) groups is 1. The first-order chi connectivity index (χ1) is 7.81. The topological polar surface area (TPSA) is 61.6 Å². The van der Waals surface area contributed by atoms with E-state index in [-0.39, 0.29) is 18.2 Å². The molecule has 4 nitrogen and oxygen atoms in total. The molecule has 2 N–H and O–H groups in total. The minimum absolute atomic E-state index is 0.202. The molecule has 0 aliphatic rings. The molecule has 0 bridgehead atoms. The number of ether oxygens (including phenoxy) is 2. The second-order valence-electron chi connectivity index (χ2n) is 5.29. The van der Waals surface area contributed by atoms with Gasteiger partial charge in [-0.1, -0.05) is 13.8 Å². The van der Waals surface area contributed by atoms with Crippen LogP contribution in [-0.2, 0) is 14.3 Å². The van der Waals surface area contributed by atoms with E-state index in [4.69, 9.17) is 15.2 Å². The number of hydrogen-bond donors (Lipinski definition) is 1. The van der Waals surface area contributed by atoms with Gasteiger partial charge < -0.3 is 15.2 Å². The second kappa shape index (κ2) is 6.97. The van der Waals surface area contributed by atoms with Crippen LogP contribution in [0, 0.1) is 5.41 Å². The molecule has 4 heteroatoms. The highest BCUT2D eigenvalue weighted by Gasteiger charge is 2.34. The quantitative estimate of drug-likeness (QED) is 0.551. The van der Waals surface area contributed by atoms with Gasteiger partial charge >= 0.3 is 5.97 Å². The Balaban J connectivity index is 4.08. The Labute approximate surface area is 105 Å². The van der Waals surface area contributed by atoms with Gasteiger partial charge in [0, 0.05) is 6.54 Å². The van der Waals surface area contributed by atoms with E-state index in [2.05, 4.69) is 0 Å². The SMILES string of the molecule is CCC(CC)(CN)C(=O)OCCOC(C)(C)C. The normalized spacial score (nSPS) is 12.6. The molecule has 102 valence electrons. The first-order valence-corrected chi connectivity index (χ1v) is 6.32. The van der Waals surface area contributed by atoms with Gasteiger partial charge in [0.15, 0.2) is 0 Å². The molecule has 0 amide bonds. The zero-order chi connectivity index (χ0) is 13.5. The number of hydrogen-bond acceptors (Lipinski definition) is 4. The first kappa shape index (κ1) is 16.4. The van der Waals surface area contributed by atoms with Gasteiger partial charge in [-0.3, -0.25) is 4.79 Å². The van der Waals surface area contributed by atoms with Crippen molar-refractivity contribution < 1.29 is 14.3 Å². The maximum absolute atomic E-state index is 11.9. The molecular weight excluding hydrogens is 218 g/mol. The molecule has 0 heterocycles. The summed E-state index contributed by atoms with van der Waals surface area (Å²) in [6.07, 6.45) is 1.41. The number of carbonyl (C=O) groups excluding carboxylic acids is 1. The predicted octanol–water partition coefficient (Wildman–Crippen LogP) is 2.11. The first-order valence-electron chi connectivity index (χ1n) is 6.32. The summed E-state index contributed by atoms with van der Waals surface area (Å²) in [7, 11) is 0. The molecular formula is C13H27NO3. The Kier molecular flexibility index (Phi) is 6.72. The van der Waals surface area contributed by atoms with Crippen LogP contribution in [0.3, 0.4) is 0 Å². The van der Waals surface area contributed by atoms with Gasteiger partial charge in [0.2, 0.25) is 0 Å². The van der Waals surface area contributed by atoms with Crippen molar-refractivity contribution in [2.45, 2.75) is 53.1 Å². The average Bonchev–Trinajstić information content (AvgIpc) is 2.26. The Bertz CT molecular complexity index is 221. The zero-order valence-corrected chi connectivity index (χ0v) is 11.8. The minimum Gasteiger partial charge on any atom is -0.463 e. The molecule has 0 aromatic carbocycles. The molecule has 17 heavy (non-hydrogen) atoms. The van der Waals surface area contributed by atoms with Gasteiger partial charge in [0.05, 0.1) is 17.6 Å². The standard InChI is InChI=1S/C13H27NO3/c1-6-13(7-2,10-14)11(15)16-8-9-17-12(3,4)5/h6-10,14H2,1-5H3. The third-order valence-corrected chi connectivity index (χ3v) is 3.03. The lowest BCUT2D eigenvalue weighted by atomic mass is 9.82. The Morgan fingerprint density at radius 2 is 1.65 bits per heavy atom. The van der Waals surface area contributed by atoms with Crippen molar-refractivity contribution in [3.05, 3.63) is 0 Å². The van der Waals surface area contributed by atoms with E-state index in [0.717, 1.165) is 0 Å². The van der Waals surface area contributed by atoms with E-state index in [1.165, 1.54) is 0 Å². The van der Waals surface area contributed by atoms with Crippen LogP contribution >= 0.6 is 0 Å². The lowest BCUT2D eigenvalue weighted by Gasteiger charge is -2.27. The lowest BCUT2D eigenvalue weighted by molar-refractivity contribution is -0.159. The average molecular weight is 245 g/mol. The minimum atomic E-state index is -0.526. The lowest BCUT2D eigenvalue weighted by Crippen LogP contribution is -2.39. The Morgan fingerprint density at radius 1 is 1.12 bits per heavy atom. The molecule has 0 unspecified atom stereocenters. The molecule has 0 saturated carbocycles. The summed E-state index contributed by atoms with van der Waals surface area (Å²) in [6.45, 7) is 10.9. The van der Waals surface area contributed by atoms with Gasteiger partial charge in [-0.2, -0.15) is 0 Å². The van der Waals surface area contributed by atoms with Gasteiger partial charge in [-0.15, -0.1) is 0 Å². The Morgan fingerprint density at radius 3 is 2.00 bits per heavy atom. The number of rotatable bonds is 7. The fourth-order valence-corrected chi connectivity index (χ4v) is 1.55. The van der Waals surface area contributed by atoms with Crippen LogP contribution in [0.2, 0.25) is 0 Å². The monoisotopic (exact) mass is 245 g/mol. The third-order valence-electron chi connectivity index (χ3n) is 3.03. The molecule has 0 fully saturated rings. The number of nitrogens with two attached hydrogens (primary N) is 1. The maximum Gasteiger partial charge on any atom is 0.313 e. The molecule has 0 spiro atoms. The molecule has 0 radical (unpaired) electrons. The smallest absolute Gasteiger partial charge is 0.313 e. The van der Waals surface area contributed by atoms with Crippen LogP contribution in [0.25, 0.3) is 0 Å². The summed E-state index contributed by atoms with van der Waals surface area (Å²) in [5.74, 6) is -0.206. The largest absolute Gasteiger partial charge is 0.463 e. The molecule has 0 atom stereocenters. The van der Waals surface area contributed by atoms with Crippen molar-refractivity contribution in [2.75, 3.05) is 19.8 Å². The van der Waals surface area contributed by atoms with Gasteiger partial charge in [0.25, 0.3) is 0 Å². The van der Waals surface area contributed by atoms with Crippen molar-refractivity contribution in [1.29, 1.82) is 0 Å². The summed E-state index contributed by atoms with van der Waals surface area (Å²) < 4.78 is 10.7. The fourth-order valence-electron chi connectivity index (χ4n) is 1.55. The fraction of sp³-hybridized carbons (Fsp3) is 0.923. The van der Waals surface area contributed by atoms with Gasteiger partial charge in [-0.25, -0.2) is 0 Å². The zero-order valence-electron chi connectivity index (χ0n) is 11.8. The third kappa shape index (κ3) is 5.50. The predicted molar refractivity (Wildman–Crippen MR) is 68.7 cm³/mol.